The van der Waals surface area contributed by atoms with Crippen LogP contribution in [0.4, 0.5) is 10.6 Å². The Labute approximate surface area is 417 Å². The number of nitrogens with zero attached hydrogens (tertiary/aromatic N) is 3. The van der Waals surface area contributed by atoms with Crippen LogP contribution in [0.3, 0.4) is 0 Å². The first kappa shape index (κ1) is 58.5. The quantitative estimate of drug-likeness (QED) is 0.0131. The number of hydrazone groups is 1. The summed E-state index contributed by atoms with van der Waals surface area (Å²) < 4.78 is 59.8. The standard InChI is InChI=1S/C41H63N9O19P2S/c42-37-28(23-50(41(56)48-37)39-35(53)36(69-71(60,61)62)30(68-39)24-67-70(57,58)59)4-3-12-44-38(54)27-9-7-26(8-10-27)22-45-49-33(52)11-14-63-16-18-65-20-21-66-19-17-64-15-13-43-32(51)6-2-1-5-31-34-29(25-72-31)46-40(55)47-34/h7-10,22-23,29-31,34-36,39,53H,1-6,11-21,24-25H2,(H,43,51)(H,44,54)(H,49,52)(H2,42,48,56)(H2,46,47,55)(H2,57,58,59)(H2,60,61,62)/b45-22+/t29-,30+,31-,34-,35?,36?,39+/m0/s1. The van der Waals surface area contributed by atoms with E-state index in [4.69, 9.17) is 39.2 Å². The molecule has 3 aliphatic rings. The van der Waals surface area contributed by atoms with Crippen LogP contribution in [0.2, 0.25) is 0 Å². The number of hydrogen-bond acceptors (Lipinski definition) is 19. The van der Waals surface area contributed by atoms with Gasteiger partial charge < -0.3 is 75.4 Å². The van der Waals surface area contributed by atoms with Crippen molar-refractivity contribution in [2.75, 3.05) is 84.0 Å². The van der Waals surface area contributed by atoms with E-state index in [1.165, 1.54) is 12.4 Å². The summed E-state index contributed by atoms with van der Waals surface area (Å²) in [4.78, 5) is 102. The fourth-order valence-electron chi connectivity index (χ4n) is 7.53. The molecule has 0 bridgehead atoms. The second kappa shape index (κ2) is 29.5. The number of nitrogens with two attached hydrogens (primary N) is 1. The number of urea groups is 1. The van der Waals surface area contributed by atoms with E-state index < -0.39 is 58.4 Å². The van der Waals surface area contributed by atoms with E-state index in [2.05, 4.69) is 45.8 Å². The van der Waals surface area contributed by atoms with Crippen molar-refractivity contribution in [3.05, 3.63) is 57.6 Å². The van der Waals surface area contributed by atoms with Gasteiger partial charge in [0.1, 0.15) is 24.1 Å². The van der Waals surface area contributed by atoms with Crippen LogP contribution >= 0.6 is 27.4 Å². The van der Waals surface area contributed by atoms with E-state index in [-0.39, 0.29) is 73.9 Å². The number of amides is 5. The number of rotatable bonds is 33. The summed E-state index contributed by atoms with van der Waals surface area (Å²) in [6.07, 6.45) is -0.838. The Kier molecular flexibility index (Phi) is 23.9. The second-order valence-electron chi connectivity index (χ2n) is 16.4. The third kappa shape index (κ3) is 20.5. The van der Waals surface area contributed by atoms with Gasteiger partial charge in [0.05, 0.1) is 84.2 Å². The predicted molar refractivity (Wildman–Crippen MR) is 255 cm³/mol. The number of carbonyl (C=O) groups is 4. The first-order chi connectivity index (χ1) is 34.4. The Morgan fingerprint density at radius 2 is 1.56 bits per heavy atom. The molecule has 2 aromatic rings. The van der Waals surface area contributed by atoms with Gasteiger partial charge in [-0.25, -0.2) is 24.1 Å². The van der Waals surface area contributed by atoms with Crippen molar-refractivity contribution in [3.63, 3.8) is 0 Å². The molecule has 31 heteroatoms. The van der Waals surface area contributed by atoms with Crippen LogP contribution in [0.15, 0.2) is 40.4 Å². The molecular weight excluding hydrogens is 1020 g/mol. The first-order valence-electron chi connectivity index (χ1n) is 23.0. The number of benzene rings is 1. The SMILES string of the molecule is Nc1nc(=O)n([C@@H]2O[C@H](COP(=O)(O)O)C(OP(=O)(O)O)C2O)cc1CCCNC(=O)c1ccc(/C=N/NC(=O)CCOCCOCCOCCOCCNC(=O)CCCC[C@@H]2SC[C@@H]3NC(=O)N[C@@H]32)cc1. The molecule has 12 N–H and O–H groups in total. The van der Waals surface area contributed by atoms with Gasteiger partial charge in [-0.15, -0.1) is 0 Å². The minimum absolute atomic E-state index is 0.00399. The van der Waals surface area contributed by atoms with Gasteiger partial charge in [0.15, 0.2) is 6.23 Å². The fourth-order valence-corrected chi connectivity index (χ4v) is 9.99. The summed E-state index contributed by atoms with van der Waals surface area (Å²) in [5, 5.41) is 26.6. The average molecular weight is 1080 g/mol. The summed E-state index contributed by atoms with van der Waals surface area (Å²) in [6, 6.07) is 6.66. The minimum Gasteiger partial charge on any atom is -0.386 e. The fraction of sp³-hybridized carbons (Fsp3) is 0.634. The molecule has 402 valence electrons. The maximum Gasteiger partial charge on any atom is 0.470 e. The van der Waals surface area contributed by atoms with Crippen molar-refractivity contribution < 1.29 is 85.7 Å². The molecule has 0 radical (unpaired) electrons. The number of ether oxygens (including phenoxy) is 5. The number of unbranched alkanes of at least 4 members (excludes halogenated alkanes) is 1. The predicted octanol–water partition coefficient (Wildman–Crippen LogP) is -1.22. The number of hydrogen-bond donors (Lipinski definition) is 11. The maximum absolute atomic E-state index is 12.8. The van der Waals surface area contributed by atoms with Crippen molar-refractivity contribution in [1.29, 1.82) is 0 Å². The summed E-state index contributed by atoms with van der Waals surface area (Å²) in [6.45, 7) is 2.24. The van der Waals surface area contributed by atoms with Gasteiger partial charge >= 0.3 is 27.4 Å². The Balaban J connectivity index is 0.846. The molecule has 72 heavy (non-hydrogen) atoms. The van der Waals surface area contributed by atoms with Crippen LogP contribution in [0.1, 0.15) is 66.2 Å². The van der Waals surface area contributed by atoms with Gasteiger partial charge in [0.2, 0.25) is 11.8 Å². The van der Waals surface area contributed by atoms with Crippen molar-refractivity contribution in [2.24, 2.45) is 5.10 Å². The topological polar surface area (TPSA) is 402 Å². The van der Waals surface area contributed by atoms with Crippen molar-refractivity contribution >= 4 is 63.2 Å². The Hall–Kier alpha value is -4.42. The third-order valence-corrected chi connectivity index (χ3v) is 13.5. The monoisotopic (exact) mass is 1080 g/mol. The van der Waals surface area contributed by atoms with Gasteiger partial charge in [0.25, 0.3) is 5.91 Å². The van der Waals surface area contributed by atoms with Crippen LogP contribution in [0, 0.1) is 0 Å². The molecule has 0 aliphatic carbocycles. The van der Waals surface area contributed by atoms with Gasteiger partial charge in [-0.2, -0.15) is 21.8 Å². The Bertz CT molecular complexity index is 2270. The molecule has 3 fully saturated rings. The molecule has 0 spiro atoms. The van der Waals surface area contributed by atoms with Crippen LogP contribution in [0.5, 0.6) is 0 Å². The van der Waals surface area contributed by atoms with Crippen LogP contribution in [-0.4, -0.2) is 178 Å². The summed E-state index contributed by atoms with van der Waals surface area (Å²) in [7, 11) is -10.3. The number of nitrogen functional groups attached to an aromatic ring is 1. The van der Waals surface area contributed by atoms with E-state index in [1.54, 1.807) is 24.3 Å². The molecule has 3 aliphatic heterocycles. The lowest BCUT2D eigenvalue weighted by Crippen LogP contribution is -2.38. The van der Waals surface area contributed by atoms with E-state index in [1.807, 2.05) is 11.8 Å². The maximum atomic E-state index is 12.8. The number of thioether (sulfide) groups is 1. The Morgan fingerprint density at radius 3 is 2.24 bits per heavy atom. The molecular formula is C41H63N9O19P2S. The van der Waals surface area contributed by atoms with E-state index in [9.17, 15) is 48.0 Å². The number of carbonyl (C=O) groups excluding carboxylic acids is 4. The summed E-state index contributed by atoms with van der Waals surface area (Å²) in [5.74, 6) is -0.0229. The number of phosphoric ester groups is 2. The highest BCUT2D eigenvalue weighted by Gasteiger charge is 2.49. The molecule has 0 saturated carbocycles. The molecule has 5 amide bonds. The smallest absolute Gasteiger partial charge is 0.386 e. The lowest BCUT2D eigenvalue weighted by atomic mass is 10.0. The normalized spacial score (nSPS) is 21.9. The minimum atomic E-state index is -5.26. The third-order valence-electron chi connectivity index (χ3n) is 11.0. The number of fused-ring (bicyclic) bond motifs is 1. The first-order valence-corrected chi connectivity index (χ1v) is 27.1. The number of aromatic nitrogens is 2. The highest BCUT2D eigenvalue weighted by Crippen LogP contribution is 2.45. The van der Waals surface area contributed by atoms with Crippen molar-refractivity contribution in [3.8, 4) is 0 Å². The van der Waals surface area contributed by atoms with E-state index in [0.717, 1.165) is 29.6 Å². The second-order valence-corrected chi connectivity index (χ2v) is 20.1. The number of nitrogens with one attached hydrogen (secondary N) is 5. The van der Waals surface area contributed by atoms with Gasteiger partial charge in [-0.1, -0.05) is 18.6 Å². The van der Waals surface area contributed by atoms with Crippen LogP contribution < -0.4 is 38.1 Å². The highest BCUT2D eigenvalue weighted by atomic mass is 32.2. The van der Waals surface area contributed by atoms with Gasteiger partial charge in [-0.3, -0.25) is 28.0 Å². The molecule has 1 aromatic heterocycles. The molecule has 3 saturated heterocycles. The number of anilines is 1. The summed E-state index contributed by atoms with van der Waals surface area (Å²) >= 11 is 1.87. The number of phosphoric acid groups is 2. The molecule has 4 heterocycles. The number of aryl methyl sites for hydroxylation is 1. The Morgan fingerprint density at radius 1 is 0.875 bits per heavy atom. The zero-order valence-corrected chi connectivity index (χ0v) is 41.7. The lowest BCUT2D eigenvalue weighted by Gasteiger charge is -2.21. The zero-order chi connectivity index (χ0) is 52.1. The van der Waals surface area contributed by atoms with Crippen LogP contribution in [-0.2, 0) is 57.9 Å². The molecule has 1 aromatic carbocycles. The van der Waals surface area contributed by atoms with E-state index >= 15 is 0 Å². The summed E-state index contributed by atoms with van der Waals surface area (Å²) in [5.41, 5.74) is 8.53. The molecule has 5 rings (SSSR count). The average Bonchev–Trinajstić information content (AvgIpc) is 3.98. The highest BCUT2D eigenvalue weighted by molar-refractivity contribution is 8.00. The van der Waals surface area contributed by atoms with E-state index in [0.29, 0.717) is 75.4 Å². The lowest BCUT2D eigenvalue weighted by molar-refractivity contribution is -0.122. The molecule has 7 atom stereocenters. The molecule has 2 unspecified atom stereocenters. The van der Waals surface area contributed by atoms with Crippen molar-refractivity contribution in [2.45, 2.75) is 86.8 Å². The number of aliphatic hydroxyl groups excluding tert-OH is 1. The largest absolute Gasteiger partial charge is 0.470 e. The van der Waals surface area contributed by atoms with Crippen LogP contribution in [0.25, 0.3) is 0 Å². The van der Waals surface area contributed by atoms with Gasteiger partial charge in [-0.05, 0) is 43.4 Å². The van der Waals surface area contributed by atoms with Gasteiger partial charge in [0, 0.05) is 47.8 Å². The molecule has 28 nitrogen and oxygen atoms in total. The van der Waals surface area contributed by atoms with Crippen molar-refractivity contribution in [1.82, 2.24) is 36.2 Å². The zero-order valence-electron chi connectivity index (χ0n) is 39.1. The number of aliphatic hydroxyl groups is 1.